The number of benzene rings is 1. The van der Waals surface area contributed by atoms with Crippen LogP contribution < -0.4 is 5.73 Å². The molecule has 1 aromatic rings. The Morgan fingerprint density at radius 3 is 2.72 bits per heavy atom. The third-order valence-electron chi connectivity index (χ3n) is 4.46. The topological polar surface area (TPSA) is 52.3 Å². The molecule has 2 aliphatic rings. The number of hydrogen-bond acceptors (Lipinski definition) is 3. The van der Waals surface area contributed by atoms with Crippen LogP contribution in [-0.4, -0.2) is 13.1 Å². The van der Waals surface area contributed by atoms with Gasteiger partial charge in [0, 0.05) is 6.04 Å². The van der Waals surface area contributed by atoms with Gasteiger partial charge in [-0.3, -0.25) is 4.79 Å². The second-order valence-electron chi connectivity index (χ2n) is 5.51. The minimum Gasteiger partial charge on any atom is -0.469 e. The van der Waals surface area contributed by atoms with Crippen molar-refractivity contribution < 1.29 is 9.53 Å². The fraction of sp³-hybridized carbons (Fsp3) is 0.533. The summed E-state index contributed by atoms with van der Waals surface area (Å²) in [5.41, 5.74) is 9.78. The number of ether oxygens (including phenoxy) is 1. The lowest BCUT2D eigenvalue weighted by Gasteiger charge is -2.22. The van der Waals surface area contributed by atoms with Crippen LogP contribution in [0.1, 0.15) is 42.0 Å². The zero-order valence-electron chi connectivity index (χ0n) is 10.7. The number of methoxy groups -OCH3 is 1. The minimum absolute atomic E-state index is 0.157. The Kier molecular flexibility index (Phi) is 2.67. The van der Waals surface area contributed by atoms with Gasteiger partial charge in [0.05, 0.1) is 12.5 Å². The van der Waals surface area contributed by atoms with Crippen LogP contribution in [0.2, 0.25) is 0 Å². The highest BCUT2D eigenvalue weighted by Gasteiger charge is 2.56. The minimum atomic E-state index is -0.457. The highest BCUT2D eigenvalue weighted by molar-refractivity contribution is 5.81. The number of esters is 1. The van der Waals surface area contributed by atoms with Crippen molar-refractivity contribution in [1.82, 2.24) is 0 Å². The van der Waals surface area contributed by atoms with Gasteiger partial charge in [-0.2, -0.15) is 0 Å². The highest BCUT2D eigenvalue weighted by atomic mass is 16.5. The van der Waals surface area contributed by atoms with Crippen molar-refractivity contribution in [2.45, 2.75) is 38.1 Å². The van der Waals surface area contributed by atoms with E-state index < -0.39 is 5.41 Å². The maximum absolute atomic E-state index is 11.8. The van der Waals surface area contributed by atoms with E-state index in [1.54, 1.807) is 0 Å². The van der Waals surface area contributed by atoms with Crippen molar-refractivity contribution in [3.05, 3.63) is 34.9 Å². The SMILES string of the molecule is COC(=O)C1(C(N)c2ccc3c(c2)CCC3)CC1. The van der Waals surface area contributed by atoms with E-state index in [1.165, 1.54) is 31.1 Å². The predicted molar refractivity (Wildman–Crippen MR) is 69.1 cm³/mol. The van der Waals surface area contributed by atoms with E-state index in [4.69, 9.17) is 10.5 Å². The van der Waals surface area contributed by atoms with Gasteiger partial charge in [0.2, 0.25) is 0 Å². The van der Waals surface area contributed by atoms with Crippen molar-refractivity contribution in [2.24, 2.45) is 11.1 Å². The normalized spacial score (nSPS) is 21.2. The second kappa shape index (κ2) is 4.09. The second-order valence-corrected chi connectivity index (χ2v) is 5.51. The number of carbonyl (C=O) groups is 1. The van der Waals surface area contributed by atoms with Gasteiger partial charge in [0.15, 0.2) is 0 Å². The van der Waals surface area contributed by atoms with Crippen LogP contribution in [0.25, 0.3) is 0 Å². The Labute approximate surface area is 107 Å². The van der Waals surface area contributed by atoms with Gasteiger partial charge in [-0.05, 0) is 48.8 Å². The molecule has 1 fully saturated rings. The Morgan fingerprint density at radius 1 is 1.33 bits per heavy atom. The molecule has 0 heterocycles. The van der Waals surface area contributed by atoms with Crippen LogP contribution >= 0.6 is 0 Å². The van der Waals surface area contributed by atoms with Gasteiger partial charge in [0.25, 0.3) is 0 Å². The van der Waals surface area contributed by atoms with Crippen LogP contribution in [0.5, 0.6) is 0 Å². The number of hydrogen-bond donors (Lipinski definition) is 1. The smallest absolute Gasteiger partial charge is 0.313 e. The number of rotatable bonds is 3. The quantitative estimate of drug-likeness (QED) is 0.830. The summed E-state index contributed by atoms with van der Waals surface area (Å²) in [6, 6.07) is 6.22. The van der Waals surface area contributed by atoms with E-state index in [9.17, 15) is 4.79 Å². The van der Waals surface area contributed by atoms with Crippen molar-refractivity contribution in [3.63, 3.8) is 0 Å². The van der Waals surface area contributed by atoms with Crippen LogP contribution in [0.4, 0.5) is 0 Å². The third-order valence-corrected chi connectivity index (χ3v) is 4.46. The molecule has 3 heteroatoms. The van der Waals surface area contributed by atoms with Crippen LogP contribution in [0.3, 0.4) is 0 Å². The molecule has 18 heavy (non-hydrogen) atoms. The van der Waals surface area contributed by atoms with Crippen molar-refractivity contribution >= 4 is 5.97 Å². The molecule has 1 atom stereocenters. The lowest BCUT2D eigenvalue weighted by Crippen LogP contribution is -2.31. The average Bonchev–Trinajstić information content (AvgIpc) is 3.08. The maximum atomic E-state index is 11.8. The van der Waals surface area contributed by atoms with E-state index in [0.717, 1.165) is 24.8 Å². The van der Waals surface area contributed by atoms with Gasteiger partial charge in [-0.15, -0.1) is 0 Å². The summed E-state index contributed by atoms with van der Waals surface area (Å²) in [5, 5.41) is 0. The largest absolute Gasteiger partial charge is 0.469 e. The number of nitrogens with two attached hydrogens (primary N) is 1. The Bertz CT molecular complexity index is 491. The van der Waals surface area contributed by atoms with Gasteiger partial charge < -0.3 is 10.5 Å². The molecule has 0 amide bonds. The molecule has 0 bridgehead atoms. The first kappa shape index (κ1) is 11.7. The fourth-order valence-corrected chi connectivity index (χ4v) is 3.08. The van der Waals surface area contributed by atoms with E-state index in [-0.39, 0.29) is 12.0 Å². The molecule has 0 spiro atoms. The van der Waals surface area contributed by atoms with Crippen molar-refractivity contribution in [3.8, 4) is 0 Å². The molecular weight excluding hydrogens is 226 g/mol. The Hall–Kier alpha value is -1.35. The summed E-state index contributed by atoms with van der Waals surface area (Å²) in [7, 11) is 1.44. The highest BCUT2D eigenvalue weighted by Crippen LogP contribution is 2.54. The van der Waals surface area contributed by atoms with E-state index >= 15 is 0 Å². The molecule has 0 radical (unpaired) electrons. The molecule has 0 aromatic heterocycles. The fourth-order valence-electron chi connectivity index (χ4n) is 3.08. The molecule has 3 nitrogen and oxygen atoms in total. The van der Waals surface area contributed by atoms with E-state index in [2.05, 4.69) is 18.2 Å². The number of fused-ring (bicyclic) bond motifs is 1. The third kappa shape index (κ3) is 1.65. The molecule has 1 saturated carbocycles. The number of aryl methyl sites for hydroxylation is 2. The summed E-state index contributed by atoms with van der Waals surface area (Å²) < 4.78 is 4.89. The van der Waals surface area contributed by atoms with Gasteiger partial charge in [-0.1, -0.05) is 18.2 Å². The maximum Gasteiger partial charge on any atom is 0.313 e. The summed E-state index contributed by atoms with van der Waals surface area (Å²) in [4.78, 5) is 11.8. The monoisotopic (exact) mass is 245 g/mol. The lowest BCUT2D eigenvalue weighted by atomic mass is 9.89. The van der Waals surface area contributed by atoms with Gasteiger partial charge in [-0.25, -0.2) is 0 Å². The number of carbonyl (C=O) groups excluding carboxylic acids is 1. The molecule has 1 aromatic carbocycles. The zero-order chi connectivity index (χ0) is 12.8. The Morgan fingerprint density at radius 2 is 2.06 bits per heavy atom. The average molecular weight is 245 g/mol. The molecule has 0 saturated heterocycles. The summed E-state index contributed by atoms with van der Waals surface area (Å²) in [6.07, 6.45) is 5.24. The summed E-state index contributed by atoms with van der Waals surface area (Å²) in [6.45, 7) is 0. The molecule has 2 aliphatic carbocycles. The van der Waals surface area contributed by atoms with E-state index in [0.29, 0.717) is 0 Å². The van der Waals surface area contributed by atoms with Crippen LogP contribution in [-0.2, 0) is 22.4 Å². The molecule has 3 rings (SSSR count). The van der Waals surface area contributed by atoms with Gasteiger partial charge in [0.1, 0.15) is 0 Å². The molecule has 0 aliphatic heterocycles. The van der Waals surface area contributed by atoms with Crippen molar-refractivity contribution in [2.75, 3.05) is 7.11 Å². The first-order valence-electron chi connectivity index (χ1n) is 6.63. The van der Waals surface area contributed by atoms with E-state index in [1.807, 2.05) is 0 Å². The molecule has 96 valence electrons. The predicted octanol–water partition coefficient (Wildman–Crippen LogP) is 2.13. The standard InChI is InChI=1S/C15H19NO2/c1-18-14(17)15(7-8-15)13(16)12-6-5-10-3-2-4-11(10)9-12/h5-6,9,13H,2-4,7-8,16H2,1H3. The summed E-state index contributed by atoms with van der Waals surface area (Å²) >= 11 is 0. The molecule has 2 N–H and O–H groups in total. The zero-order valence-corrected chi connectivity index (χ0v) is 10.7. The molecule has 1 unspecified atom stereocenters. The van der Waals surface area contributed by atoms with Crippen LogP contribution in [0.15, 0.2) is 18.2 Å². The lowest BCUT2D eigenvalue weighted by molar-refractivity contribution is -0.148. The van der Waals surface area contributed by atoms with Crippen molar-refractivity contribution in [1.29, 1.82) is 0 Å². The van der Waals surface area contributed by atoms with Gasteiger partial charge >= 0.3 is 5.97 Å². The summed E-state index contributed by atoms with van der Waals surface area (Å²) in [5.74, 6) is -0.157. The van der Waals surface area contributed by atoms with Crippen LogP contribution in [0, 0.1) is 5.41 Å². The first-order valence-corrected chi connectivity index (χ1v) is 6.63. The Balaban J connectivity index is 1.89. The molecular formula is C15H19NO2. The first-order chi connectivity index (χ1) is 8.67.